The summed E-state index contributed by atoms with van der Waals surface area (Å²) in [5.41, 5.74) is 3.84. The van der Waals surface area contributed by atoms with Crippen molar-refractivity contribution >= 4 is 22.0 Å². The summed E-state index contributed by atoms with van der Waals surface area (Å²) in [5.74, 6) is 0.0191. The Hall–Kier alpha value is -2.16. The second-order valence-corrected chi connectivity index (χ2v) is 8.06. The Labute approximate surface area is 158 Å². The quantitative estimate of drug-likeness (QED) is 0.865. The summed E-state index contributed by atoms with van der Waals surface area (Å²) >= 11 is 1.62. The molecule has 1 aliphatic heterocycles. The van der Waals surface area contributed by atoms with Crippen LogP contribution in [0.5, 0.6) is 0 Å². The van der Waals surface area contributed by atoms with Crippen molar-refractivity contribution in [2.24, 2.45) is 0 Å². The minimum absolute atomic E-state index is 0.0191. The lowest BCUT2D eigenvalue weighted by molar-refractivity contribution is 0.187. The van der Waals surface area contributed by atoms with E-state index in [4.69, 9.17) is 0 Å². The van der Waals surface area contributed by atoms with Crippen molar-refractivity contribution in [1.82, 2.24) is 4.98 Å². The number of benzene rings is 1. The predicted molar refractivity (Wildman–Crippen MR) is 105 cm³/mol. The summed E-state index contributed by atoms with van der Waals surface area (Å²) in [7, 11) is 0. The molecule has 0 spiro atoms. The molecule has 4 nitrogen and oxygen atoms in total. The smallest absolute Gasteiger partial charge is 0.186 e. The number of nitrogens with zero attached hydrogens (tertiary/aromatic N) is 3. The third-order valence-corrected chi connectivity index (χ3v) is 6.70. The highest BCUT2D eigenvalue weighted by Gasteiger charge is 2.50. The van der Waals surface area contributed by atoms with Gasteiger partial charge < -0.3 is 10.0 Å². The summed E-state index contributed by atoms with van der Waals surface area (Å²) in [6, 6.07) is 10.6. The van der Waals surface area contributed by atoms with Gasteiger partial charge in [0.1, 0.15) is 6.04 Å². The number of hydrogen-bond donors (Lipinski definition) is 1. The molecular weight excluding hydrogens is 342 g/mol. The third kappa shape index (κ3) is 2.84. The minimum Gasteiger partial charge on any atom is -0.394 e. The van der Waals surface area contributed by atoms with Crippen LogP contribution < -0.4 is 4.90 Å². The molecule has 4 rings (SSSR count). The largest absolute Gasteiger partial charge is 0.394 e. The van der Waals surface area contributed by atoms with Crippen molar-refractivity contribution in [3.8, 4) is 6.07 Å². The molecule has 2 heterocycles. The van der Waals surface area contributed by atoms with Crippen LogP contribution in [-0.2, 0) is 6.42 Å². The zero-order chi connectivity index (χ0) is 18.1. The van der Waals surface area contributed by atoms with Crippen molar-refractivity contribution < 1.29 is 5.11 Å². The molecular formula is C21H23N3OS. The van der Waals surface area contributed by atoms with Crippen molar-refractivity contribution in [3.63, 3.8) is 0 Å². The Morgan fingerprint density at radius 3 is 2.73 bits per heavy atom. The van der Waals surface area contributed by atoms with Crippen LogP contribution in [0.4, 0.5) is 5.13 Å². The topological polar surface area (TPSA) is 60.2 Å². The number of aryl methyl sites for hydroxylation is 1. The fourth-order valence-electron chi connectivity index (χ4n) is 4.10. The van der Waals surface area contributed by atoms with E-state index in [1.807, 2.05) is 11.1 Å². The lowest BCUT2D eigenvalue weighted by atomic mass is 9.76. The second-order valence-electron chi connectivity index (χ2n) is 6.96. The molecule has 26 heavy (non-hydrogen) atoms. The maximum Gasteiger partial charge on any atom is 0.186 e. The second kappa shape index (κ2) is 7.22. The number of anilines is 1. The fraction of sp³-hybridized carbons (Fsp3) is 0.429. The van der Waals surface area contributed by atoms with E-state index < -0.39 is 0 Å². The molecule has 0 unspecified atom stereocenters. The molecule has 2 aromatic rings. The number of hydrogen-bond acceptors (Lipinski definition) is 5. The Kier molecular flexibility index (Phi) is 4.80. The number of nitriles is 1. The Morgan fingerprint density at radius 1 is 1.35 bits per heavy atom. The van der Waals surface area contributed by atoms with Crippen LogP contribution in [0, 0.1) is 11.3 Å². The van der Waals surface area contributed by atoms with Crippen LogP contribution in [0.3, 0.4) is 0 Å². The number of aliphatic hydroxyl groups is 1. The summed E-state index contributed by atoms with van der Waals surface area (Å²) in [6.45, 7) is 2.12. The van der Waals surface area contributed by atoms with Gasteiger partial charge in [0.25, 0.3) is 0 Å². The van der Waals surface area contributed by atoms with Gasteiger partial charge in [0.2, 0.25) is 0 Å². The standard InChI is InChI=1S/C21H23N3OS/c1-2-17-12-23-21(26-17)24-18(11-22)20(19(24)13-25)16-9-7-15(8-10-16)14-5-3-4-6-14/h5,7-10,12,18-20,25H,2-4,6,13H2,1H3/t18-,19+,20+/m1/s1. The first kappa shape index (κ1) is 17.3. The van der Waals surface area contributed by atoms with E-state index in [2.05, 4.69) is 48.3 Å². The maximum atomic E-state index is 9.97. The lowest BCUT2D eigenvalue weighted by Crippen LogP contribution is -2.63. The van der Waals surface area contributed by atoms with Gasteiger partial charge in [0, 0.05) is 17.0 Å². The van der Waals surface area contributed by atoms with E-state index in [-0.39, 0.29) is 24.6 Å². The van der Waals surface area contributed by atoms with E-state index >= 15 is 0 Å². The first-order valence-corrected chi connectivity index (χ1v) is 10.1. The highest BCUT2D eigenvalue weighted by Crippen LogP contribution is 2.45. The van der Waals surface area contributed by atoms with E-state index in [0.29, 0.717) is 0 Å². The van der Waals surface area contributed by atoms with Gasteiger partial charge in [-0.25, -0.2) is 4.98 Å². The molecule has 1 fully saturated rings. The van der Waals surface area contributed by atoms with Gasteiger partial charge in [-0.1, -0.05) is 37.3 Å². The van der Waals surface area contributed by atoms with Gasteiger partial charge in [-0.15, -0.1) is 11.3 Å². The Bertz CT molecular complexity index is 849. The lowest BCUT2D eigenvalue weighted by Gasteiger charge is -2.51. The average molecular weight is 366 g/mol. The summed E-state index contributed by atoms with van der Waals surface area (Å²) < 4.78 is 0. The van der Waals surface area contributed by atoms with E-state index in [1.54, 1.807) is 11.3 Å². The summed E-state index contributed by atoms with van der Waals surface area (Å²) in [4.78, 5) is 7.66. The Morgan fingerprint density at radius 2 is 2.15 bits per heavy atom. The molecule has 0 bridgehead atoms. The van der Waals surface area contributed by atoms with Crippen molar-refractivity contribution in [3.05, 3.63) is 52.5 Å². The predicted octanol–water partition coefficient (Wildman–Crippen LogP) is 4.13. The molecule has 5 heteroatoms. The molecule has 1 aromatic heterocycles. The minimum atomic E-state index is -0.278. The van der Waals surface area contributed by atoms with Gasteiger partial charge in [-0.2, -0.15) is 5.26 Å². The SMILES string of the molecule is CCc1cnc(N2[C@H](C#N)[C@H](c3ccc(C4=CCCC4)cc3)[C@@H]2CO)s1. The number of aromatic nitrogens is 1. The molecule has 134 valence electrons. The number of allylic oxidation sites excluding steroid dienone is 2. The van der Waals surface area contributed by atoms with E-state index in [1.165, 1.54) is 28.9 Å². The van der Waals surface area contributed by atoms with Crippen LogP contribution >= 0.6 is 11.3 Å². The van der Waals surface area contributed by atoms with Crippen LogP contribution in [0.1, 0.15) is 48.1 Å². The zero-order valence-electron chi connectivity index (χ0n) is 14.9. The van der Waals surface area contributed by atoms with Crippen molar-refractivity contribution in [2.75, 3.05) is 11.5 Å². The average Bonchev–Trinajstić information content (AvgIpc) is 3.34. The fourth-order valence-corrected chi connectivity index (χ4v) is 5.05. The van der Waals surface area contributed by atoms with Crippen LogP contribution in [0.25, 0.3) is 5.57 Å². The monoisotopic (exact) mass is 365 g/mol. The van der Waals surface area contributed by atoms with Gasteiger partial charge in [0.05, 0.1) is 18.7 Å². The first-order chi connectivity index (χ1) is 12.8. The van der Waals surface area contributed by atoms with Crippen molar-refractivity contribution in [1.29, 1.82) is 5.26 Å². The molecule has 0 amide bonds. The van der Waals surface area contributed by atoms with Crippen LogP contribution in [0.2, 0.25) is 0 Å². The molecule has 1 aliphatic carbocycles. The van der Waals surface area contributed by atoms with E-state index in [0.717, 1.165) is 23.5 Å². The molecule has 1 aromatic carbocycles. The Balaban J connectivity index is 1.59. The zero-order valence-corrected chi connectivity index (χ0v) is 15.7. The van der Waals surface area contributed by atoms with Crippen molar-refractivity contribution in [2.45, 2.75) is 50.6 Å². The summed E-state index contributed by atoms with van der Waals surface area (Å²) in [6.07, 6.45) is 8.70. The van der Waals surface area contributed by atoms with Gasteiger partial charge in [-0.05, 0) is 42.4 Å². The highest BCUT2D eigenvalue weighted by molar-refractivity contribution is 7.15. The molecule has 3 atom stereocenters. The highest BCUT2D eigenvalue weighted by atomic mass is 32.1. The molecule has 2 aliphatic rings. The maximum absolute atomic E-state index is 9.97. The first-order valence-electron chi connectivity index (χ1n) is 9.29. The summed E-state index contributed by atoms with van der Waals surface area (Å²) in [5, 5.41) is 20.6. The van der Waals surface area contributed by atoms with Crippen LogP contribution in [0.15, 0.2) is 36.5 Å². The van der Waals surface area contributed by atoms with Gasteiger partial charge >= 0.3 is 0 Å². The normalized spacial score (nSPS) is 24.9. The van der Waals surface area contributed by atoms with Crippen LogP contribution in [-0.4, -0.2) is 28.8 Å². The molecule has 1 N–H and O–H groups in total. The number of rotatable bonds is 5. The molecule has 1 saturated heterocycles. The number of thiazole rings is 1. The molecule has 0 radical (unpaired) electrons. The number of aliphatic hydroxyl groups excluding tert-OH is 1. The van der Waals surface area contributed by atoms with Gasteiger partial charge in [0.15, 0.2) is 5.13 Å². The van der Waals surface area contributed by atoms with Gasteiger partial charge in [-0.3, -0.25) is 0 Å². The molecule has 0 saturated carbocycles. The third-order valence-electron chi connectivity index (χ3n) is 5.55. The van der Waals surface area contributed by atoms with E-state index in [9.17, 15) is 10.4 Å².